The van der Waals surface area contributed by atoms with Gasteiger partial charge >= 0.3 is 0 Å². The molecule has 19 heavy (non-hydrogen) atoms. The maximum atomic E-state index is 12.3. The minimum Gasteiger partial charge on any atom is -0.374 e. The van der Waals surface area contributed by atoms with Crippen LogP contribution in [0, 0.1) is 5.92 Å². The Morgan fingerprint density at radius 3 is 2.63 bits per heavy atom. The third-order valence-electron chi connectivity index (χ3n) is 3.63. The lowest BCUT2D eigenvalue weighted by atomic mass is 10.1. The maximum absolute atomic E-state index is 12.3. The highest BCUT2D eigenvalue weighted by Gasteiger charge is 2.45. The normalized spacial score (nSPS) is 31.3. The summed E-state index contributed by atoms with van der Waals surface area (Å²) in [6, 6.07) is -0.237. The fourth-order valence-corrected chi connectivity index (χ4v) is 4.37. The number of likely N-dealkylation sites (tertiary alicyclic amines) is 1. The third kappa shape index (κ3) is 3.09. The van der Waals surface area contributed by atoms with Gasteiger partial charge < -0.3 is 9.64 Å². The Hall–Kier alpha value is -0.660. The number of ether oxygens (including phenoxy) is 1. The first-order valence-corrected chi connectivity index (χ1v) is 8.29. The molecule has 0 saturated carbocycles. The minimum absolute atomic E-state index is 0.0291. The molecule has 0 bridgehead atoms. The van der Waals surface area contributed by atoms with E-state index in [4.69, 9.17) is 4.74 Å². The van der Waals surface area contributed by atoms with Crippen LogP contribution in [0.3, 0.4) is 0 Å². The van der Waals surface area contributed by atoms with Crippen LogP contribution in [0.5, 0.6) is 0 Å². The van der Waals surface area contributed by atoms with Crippen LogP contribution in [-0.2, 0) is 19.6 Å². The SMILES string of the molecule is CC(=O)N1C[C@@H]2OCCS(=O)(=O)N(CC(C)C)[C@@H]2C1. The molecule has 0 spiro atoms. The molecule has 0 aliphatic carbocycles. The molecule has 0 aromatic carbocycles. The lowest BCUT2D eigenvalue weighted by molar-refractivity contribution is -0.128. The molecule has 0 N–H and O–H groups in total. The zero-order valence-corrected chi connectivity index (χ0v) is 12.5. The van der Waals surface area contributed by atoms with Gasteiger partial charge in [-0.2, -0.15) is 4.31 Å². The van der Waals surface area contributed by atoms with E-state index in [1.54, 1.807) is 9.21 Å². The molecule has 2 saturated heterocycles. The maximum Gasteiger partial charge on any atom is 0.219 e. The summed E-state index contributed by atoms with van der Waals surface area (Å²) in [4.78, 5) is 13.1. The summed E-state index contributed by atoms with van der Waals surface area (Å²) >= 11 is 0. The van der Waals surface area contributed by atoms with Crippen LogP contribution < -0.4 is 0 Å². The van der Waals surface area contributed by atoms with Gasteiger partial charge in [0.05, 0.1) is 24.5 Å². The lowest BCUT2D eigenvalue weighted by Crippen LogP contribution is -2.47. The second-order valence-corrected chi connectivity index (χ2v) is 7.72. The van der Waals surface area contributed by atoms with Gasteiger partial charge in [0.2, 0.25) is 15.9 Å². The molecular weight excluding hydrogens is 268 g/mol. The molecule has 0 aromatic rings. The Morgan fingerprint density at radius 1 is 1.37 bits per heavy atom. The van der Waals surface area contributed by atoms with Crippen molar-refractivity contribution in [3.8, 4) is 0 Å². The number of amides is 1. The van der Waals surface area contributed by atoms with Gasteiger partial charge in [-0.25, -0.2) is 8.42 Å². The fraction of sp³-hybridized carbons (Fsp3) is 0.917. The van der Waals surface area contributed by atoms with Crippen molar-refractivity contribution in [1.82, 2.24) is 9.21 Å². The number of fused-ring (bicyclic) bond motifs is 1. The van der Waals surface area contributed by atoms with E-state index in [1.165, 1.54) is 6.92 Å². The van der Waals surface area contributed by atoms with E-state index >= 15 is 0 Å². The van der Waals surface area contributed by atoms with Crippen LogP contribution in [0.4, 0.5) is 0 Å². The van der Waals surface area contributed by atoms with Gasteiger partial charge in [0, 0.05) is 26.6 Å². The van der Waals surface area contributed by atoms with Crippen LogP contribution in [0.2, 0.25) is 0 Å². The molecule has 0 unspecified atom stereocenters. The molecule has 2 atom stereocenters. The molecule has 7 heteroatoms. The van der Waals surface area contributed by atoms with E-state index < -0.39 is 10.0 Å². The summed E-state index contributed by atoms with van der Waals surface area (Å²) in [5, 5.41) is 0. The Kier molecular flexibility index (Phi) is 4.17. The molecule has 0 radical (unpaired) electrons. The van der Waals surface area contributed by atoms with Crippen molar-refractivity contribution < 1.29 is 17.9 Å². The highest BCUT2D eigenvalue weighted by Crippen LogP contribution is 2.26. The number of carbonyl (C=O) groups is 1. The summed E-state index contributed by atoms with van der Waals surface area (Å²) in [6.07, 6.45) is -0.195. The first-order chi connectivity index (χ1) is 8.81. The smallest absolute Gasteiger partial charge is 0.219 e. The Balaban J connectivity index is 2.26. The number of sulfonamides is 1. The highest BCUT2D eigenvalue weighted by atomic mass is 32.2. The second kappa shape index (κ2) is 5.38. The summed E-state index contributed by atoms with van der Waals surface area (Å²) < 4.78 is 31.8. The molecule has 2 aliphatic rings. The van der Waals surface area contributed by atoms with Gasteiger partial charge in [-0.05, 0) is 5.92 Å². The predicted molar refractivity (Wildman–Crippen MR) is 71.1 cm³/mol. The number of hydrogen-bond donors (Lipinski definition) is 0. The van der Waals surface area contributed by atoms with E-state index in [-0.39, 0.29) is 36.3 Å². The Labute approximate surface area is 114 Å². The fourth-order valence-electron chi connectivity index (χ4n) is 2.69. The summed E-state index contributed by atoms with van der Waals surface area (Å²) in [5.74, 6) is 0.255. The summed E-state index contributed by atoms with van der Waals surface area (Å²) in [5.41, 5.74) is 0. The monoisotopic (exact) mass is 290 g/mol. The Morgan fingerprint density at radius 2 is 2.05 bits per heavy atom. The highest BCUT2D eigenvalue weighted by molar-refractivity contribution is 7.89. The summed E-state index contributed by atoms with van der Waals surface area (Å²) in [7, 11) is -3.29. The van der Waals surface area contributed by atoms with Gasteiger partial charge in [0.15, 0.2) is 0 Å². The number of nitrogens with zero attached hydrogens (tertiary/aromatic N) is 2. The van der Waals surface area contributed by atoms with Crippen molar-refractivity contribution in [3.63, 3.8) is 0 Å². The molecule has 0 aromatic heterocycles. The molecular formula is C12H22N2O4S. The molecule has 1 amide bonds. The Bertz CT molecular complexity index is 449. The van der Waals surface area contributed by atoms with E-state index in [0.29, 0.717) is 19.6 Å². The summed E-state index contributed by atoms with van der Waals surface area (Å²) in [6.45, 7) is 7.12. The van der Waals surface area contributed by atoms with Gasteiger partial charge in [-0.3, -0.25) is 4.79 Å². The van der Waals surface area contributed by atoms with E-state index in [9.17, 15) is 13.2 Å². The largest absolute Gasteiger partial charge is 0.374 e. The average Bonchev–Trinajstić information content (AvgIpc) is 2.65. The molecule has 110 valence electrons. The molecule has 2 rings (SSSR count). The lowest BCUT2D eigenvalue weighted by Gasteiger charge is -2.29. The van der Waals surface area contributed by atoms with Crippen LogP contribution in [-0.4, -0.2) is 67.7 Å². The van der Waals surface area contributed by atoms with E-state index in [0.717, 1.165) is 0 Å². The van der Waals surface area contributed by atoms with Crippen LogP contribution in [0.15, 0.2) is 0 Å². The van der Waals surface area contributed by atoms with Gasteiger partial charge in [0.1, 0.15) is 0 Å². The van der Waals surface area contributed by atoms with E-state index in [1.807, 2.05) is 13.8 Å². The number of carbonyl (C=O) groups excluding carboxylic acids is 1. The third-order valence-corrected chi connectivity index (χ3v) is 5.44. The van der Waals surface area contributed by atoms with Gasteiger partial charge in [-0.15, -0.1) is 0 Å². The number of rotatable bonds is 2. The van der Waals surface area contributed by atoms with Crippen molar-refractivity contribution >= 4 is 15.9 Å². The molecule has 6 nitrogen and oxygen atoms in total. The first kappa shape index (κ1) is 14.7. The zero-order chi connectivity index (χ0) is 14.2. The van der Waals surface area contributed by atoms with Crippen molar-refractivity contribution in [1.29, 1.82) is 0 Å². The minimum atomic E-state index is -3.29. The topological polar surface area (TPSA) is 66.9 Å². The standard InChI is InChI=1S/C12H22N2O4S/c1-9(2)6-14-11-7-13(10(3)15)8-12(11)18-4-5-19(14,16)17/h9,11-12H,4-8H2,1-3H3/t11-,12+/m1/s1. The van der Waals surface area contributed by atoms with Gasteiger partial charge in [0.25, 0.3) is 0 Å². The van der Waals surface area contributed by atoms with Crippen molar-refractivity contribution in [3.05, 3.63) is 0 Å². The predicted octanol–water partition coefficient (Wildman–Crippen LogP) is -0.0963. The first-order valence-electron chi connectivity index (χ1n) is 6.68. The van der Waals surface area contributed by atoms with Crippen LogP contribution in [0.1, 0.15) is 20.8 Å². The van der Waals surface area contributed by atoms with Crippen molar-refractivity contribution in [2.24, 2.45) is 5.92 Å². The molecule has 2 fully saturated rings. The number of hydrogen-bond acceptors (Lipinski definition) is 4. The molecule has 2 aliphatic heterocycles. The van der Waals surface area contributed by atoms with Crippen molar-refractivity contribution in [2.75, 3.05) is 32.0 Å². The van der Waals surface area contributed by atoms with Crippen LogP contribution >= 0.6 is 0 Å². The van der Waals surface area contributed by atoms with Crippen molar-refractivity contribution in [2.45, 2.75) is 32.9 Å². The zero-order valence-electron chi connectivity index (χ0n) is 11.7. The van der Waals surface area contributed by atoms with E-state index in [2.05, 4.69) is 0 Å². The van der Waals surface area contributed by atoms with Gasteiger partial charge in [-0.1, -0.05) is 13.8 Å². The average molecular weight is 290 g/mol. The quantitative estimate of drug-likeness (QED) is 0.712. The van der Waals surface area contributed by atoms with Crippen LogP contribution in [0.25, 0.3) is 0 Å². The molecule has 2 heterocycles. The second-order valence-electron chi connectivity index (χ2n) is 5.68.